The van der Waals surface area contributed by atoms with Gasteiger partial charge in [-0.25, -0.2) is 13.1 Å². The number of nitrogens with one attached hydrogen (secondary N) is 2. The van der Waals surface area contributed by atoms with Crippen molar-refractivity contribution in [3.05, 3.63) is 41.5 Å². The number of amides is 1. The van der Waals surface area contributed by atoms with Gasteiger partial charge in [0.2, 0.25) is 15.9 Å². The lowest BCUT2D eigenvalue weighted by atomic mass is 10.1. The van der Waals surface area contributed by atoms with Gasteiger partial charge in [-0.2, -0.15) is 4.98 Å². The maximum absolute atomic E-state index is 12.2. The van der Waals surface area contributed by atoms with E-state index >= 15 is 0 Å². The minimum Gasteiger partial charge on any atom is -0.352 e. The SMILES string of the molecule is Cc1noc(CCNC(=O)c2ccc(S(=O)(=O)NC(C)(C)C)cc2)n1. The van der Waals surface area contributed by atoms with E-state index in [1.165, 1.54) is 24.3 Å². The summed E-state index contributed by atoms with van der Waals surface area (Å²) in [5.74, 6) is 0.693. The van der Waals surface area contributed by atoms with Crippen molar-refractivity contribution >= 4 is 15.9 Å². The molecular weight excluding hydrogens is 344 g/mol. The van der Waals surface area contributed by atoms with Crippen LogP contribution in [-0.4, -0.2) is 36.5 Å². The highest BCUT2D eigenvalue weighted by Crippen LogP contribution is 2.14. The lowest BCUT2D eigenvalue weighted by Crippen LogP contribution is -2.40. The average molecular weight is 366 g/mol. The molecule has 0 saturated carbocycles. The molecule has 0 aliphatic rings. The quantitative estimate of drug-likeness (QED) is 0.799. The first-order chi connectivity index (χ1) is 11.6. The summed E-state index contributed by atoms with van der Waals surface area (Å²) in [5, 5.41) is 6.39. The highest BCUT2D eigenvalue weighted by molar-refractivity contribution is 7.89. The monoisotopic (exact) mass is 366 g/mol. The number of aryl methyl sites for hydroxylation is 1. The Labute approximate surface area is 147 Å². The summed E-state index contributed by atoms with van der Waals surface area (Å²) in [5.41, 5.74) is -0.210. The third kappa shape index (κ3) is 5.64. The van der Waals surface area contributed by atoms with Crippen molar-refractivity contribution in [3.63, 3.8) is 0 Å². The van der Waals surface area contributed by atoms with Gasteiger partial charge in [-0.05, 0) is 52.0 Å². The van der Waals surface area contributed by atoms with E-state index in [1.54, 1.807) is 27.7 Å². The maximum atomic E-state index is 12.2. The number of hydrogen-bond acceptors (Lipinski definition) is 6. The average Bonchev–Trinajstić information content (AvgIpc) is 2.90. The molecule has 136 valence electrons. The molecule has 0 bridgehead atoms. The van der Waals surface area contributed by atoms with E-state index < -0.39 is 15.6 Å². The Morgan fingerprint density at radius 1 is 1.20 bits per heavy atom. The van der Waals surface area contributed by atoms with E-state index in [4.69, 9.17) is 4.52 Å². The van der Waals surface area contributed by atoms with Crippen LogP contribution in [-0.2, 0) is 16.4 Å². The number of hydrogen-bond donors (Lipinski definition) is 2. The Balaban J connectivity index is 1.95. The zero-order valence-electron chi connectivity index (χ0n) is 14.7. The Morgan fingerprint density at radius 3 is 2.36 bits per heavy atom. The van der Waals surface area contributed by atoms with Gasteiger partial charge < -0.3 is 9.84 Å². The number of rotatable bonds is 6. The van der Waals surface area contributed by atoms with Crippen LogP contribution in [0.4, 0.5) is 0 Å². The maximum Gasteiger partial charge on any atom is 0.251 e. The first-order valence-electron chi connectivity index (χ1n) is 7.78. The van der Waals surface area contributed by atoms with E-state index in [0.29, 0.717) is 30.2 Å². The second-order valence-electron chi connectivity index (χ2n) is 6.62. The summed E-state index contributed by atoms with van der Waals surface area (Å²) in [4.78, 5) is 16.2. The molecule has 25 heavy (non-hydrogen) atoms. The predicted octanol–water partition coefficient (Wildman–Crippen LogP) is 1.43. The third-order valence-electron chi connectivity index (χ3n) is 3.06. The summed E-state index contributed by atoms with van der Waals surface area (Å²) < 4.78 is 32.0. The molecular formula is C16H22N4O4S. The standard InChI is InChI=1S/C16H22N4O4S/c1-11-18-14(24-19-11)9-10-17-15(21)12-5-7-13(8-6-12)25(22,23)20-16(2,3)4/h5-8,20H,9-10H2,1-4H3,(H,17,21). The zero-order chi connectivity index (χ0) is 18.7. The molecule has 0 aliphatic carbocycles. The Bertz CT molecular complexity index is 836. The number of sulfonamides is 1. The van der Waals surface area contributed by atoms with Crippen molar-refractivity contribution in [1.82, 2.24) is 20.2 Å². The number of benzene rings is 1. The number of nitrogens with zero attached hydrogens (tertiary/aromatic N) is 2. The molecule has 1 amide bonds. The molecule has 0 spiro atoms. The van der Waals surface area contributed by atoms with Crippen LogP contribution >= 0.6 is 0 Å². The van der Waals surface area contributed by atoms with E-state index in [2.05, 4.69) is 20.2 Å². The number of aromatic nitrogens is 2. The van der Waals surface area contributed by atoms with Gasteiger partial charge in [-0.15, -0.1) is 0 Å². The predicted molar refractivity (Wildman–Crippen MR) is 91.6 cm³/mol. The molecule has 0 unspecified atom stereocenters. The van der Waals surface area contributed by atoms with E-state index in [1.807, 2.05) is 0 Å². The van der Waals surface area contributed by atoms with Gasteiger partial charge in [0.05, 0.1) is 4.90 Å². The number of carbonyl (C=O) groups excluding carboxylic acids is 1. The molecule has 0 aliphatic heterocycles. The topological polar surface area (TPSA) is 114 Å². The second-order valence-corrected chi connectivity index (χ2v) is 8.30. The summed E-state index contributed by atoms with van der Waals surface area (Å²) in [6.07, 6.45) is 0.425. The van der Waals surface area contributed by atoms with Gasteiger partial charge in [-0.1, -0.05) is 5.16 Å². The molecule has 2 aromatic rings. The smallest absolute Gasteiger partial charge is 0.251 e. The minimum atomic E-state index is -3.62. The largest absolute Gasteiger partial charge is 0.352 e. The van der Waals surface area contributed by atoms with E-state index in [9.17, 15) is 13.2 Å². The molecule has 2 N–H and O–H groups in total. The molecule has 1 aromatic carbocycles. The van der Waals surface area contributed by atoms with Gasteiger partial charge >= 0.3 is 0 Å². The molecule has 0 radical (unpaired) electrons. The first kappa shape index (κ1) is 19.1. The minimum absolute atomic E-state index is 0.111. The highest BCUT2D eigenvalue weighted by atomic mass is 32.2. The fourth-order valence-electron chi connectivity index (χ4n) is 2.07. The highest BCUT2D eigenvalue weighted by Gasteiger charge is 2.22. The van der Waals surface area contributed by atoms with Crippen LogP contribution in [0.15, 0.2) is 33.7 Å². The molecule has 2 rings (SSSR count). The third-order valence-corrected chi connectivity index (χ3v) is 4.84. The normalized spacial score (nSPS) is 12.2. The molecule has 0 atom stereocenters. The van der Waals surface area contributed by atoms with Crippen molar-refractivity contribution in [3.8, 4) is 0 Å². The number of carbonyl (C=O) groups is 1. The van der Waals surface area contributed by atoms with Gasteiger partial charge in [0.15, 0.2) is 5.82 Å². The lowest BCUT2D eigenvalue weighted by molar-refractivity contribution is 0.0953. The van der Waals surface area contributed by atoms with Gasteiger partial charge in [-0.3, -0.25) is 4.79 Å². The van der Waals surface area contributed by atoms with Crippen LogP contribution in [0.2, 0.25) is 0 Å². The van der Waals surface area contributed by atoms with Crippen LogP contribution in [0.25, 0.3) is 0 Å². The van der Waals surface area contributed by atoms with Crippen molar-refractivity contribution in [2.45, 2.75) is 44.6 Å². The molecule has 1 aromatic heterocycles. The fraction of sp³-hybridized carbons (Fsp3) is 0.438. The van der Waals surface area contributed by atoms with Crippen molar-refractivity contribution < 1.29 is 17.7 Å². The van der Waals surface area contributed by atoms with Crippen molar-refractivity contribution in [2.75, 3.05) is 6.54 Å². The molecule has 9 heteroatoms. The Hall–Kier alpha value is -2.26. The van der Waals surface area contributed by atoms with Gasteiger partial charge in [0.25, 0.3) is 5.91 Å². The molecule has 0 saturated heterocycles. The van der Waals surface area contributed by atoms with Crippen molar-refractivity contribution in [1.29, 1.82) is 0 Å². The van der Waals surface area contributed by atoms with Crippen LogP contribution in [0.5, 0.6) is 0 Å². The summed E-state index contributed by atoms with van der Waals surface area (Å²) in [7, 11) is -3.62. The van der Waals surface area contributed by atoms with Gasteiger partial charge in [0.1, 0.15) is 0 Å². The Kier molecular flexibility index (Phi) is 5.58. The lowest BCUT2D eigenvalue weighted by Gasteiger charge is -2.20. The molecule has 1 heterocycles. The van der Waals surface area contributed by atoms with Crippen molar-refractivity contribution in [2.24, 2.45) is 0 Å². The van der Waals surface area contributed by atoms with Gasteiger partial charge in [0, 0.05) is 24.1 Å². The van der Waals surface area contributed by atoms with Crippen LogP contribution in [0, 0.1) is 6.92 Å². The fourth-order valence-corrected chi connectivity index (χ4v) is 3.49. The summed E-state index contributed by atoms with van der Waals surface area (Å²) in [6.45, 7) is 7.34. The summed E-state index contributed by atoms with van der Waals surface area (Å²) in [6, 6.07) is 5.77. The first-order valence-corrected chi connectivity index (χ1v) is 9.26. The second kappa shape index (κ2) is 7.32. The summed E-state index contributed by atoms with van der Waals surface area (Å²) >= 11 is 0. The molecule has 8 nitrogen and oxygen atoms in total. The van der Waals surface area contributed by atoms with Crippen LogP contribution in [0.3, 0.4) is 0 Å². The molecule has 0 fully saturated rings. The van der Waals surface area contributed by atoms with Crippen LogP contribution < -0.4 is 10.0 Å². The zero-order valence-corrected chi connectivity index (χ0v) is 15.5. The van der Waals surface area contributed by atoms with Crippen LogP contribution in [0.1, 0.15) is 42.8 Å². The van der Waals surface area contributed by atoms with E-state index in [0.717, 1.165) is 0 Å². The Morgan fingerprint density at radius 2 is 1.84 bits per heavy atom. The van der Waals surface area contributed by atoms with E-state index in [-0.39, 0.29) is 10.8 Å².